The second kappa shape index (κ2) is 4.40. The molecule has 15 heavy (non-hydrogen) atoms. The van der Waals surface area contributed by atoms with Gasteiger partial charge in [-0.15, -0.1) is 0 Å². The van der Waals surface area contributed by atoms with Crippen LogP contribution in [-0.4, -0.2) is 16.0 Å². The Hall–Kier alpha value is -1.42. The summed E-state index contributed by atoms with van der Waals surface area (Å²) in [7, 11) is 0. The van der Waals surface area contributed by atoms with E-state index in [1.54, 1.807) is 26.1 Å². The summed E-state index contributed by atoms with van der Waals surface area (Å²) in [4.78, 5) is 14.7. The van der Waals surface area contributed by atoms with Gasteiger partial charge in [0.1, 0.15) is 5.60 Å². The number of amides is 1. The molecule has 0 saturated heterocycles. The number of nitrogens with two attached hydrogens (primary N) is 1. The highest BCUT2D eigenvalue weighted by Gasteiger charge is 2.17. The average molecular weight is 208 g/mol. The summed E-state index contributed by atoms with van der Waals surface area (Å²) < 4.78 is 0. The van der Waals surface area contributed by atoms with Gasteiger partial charge in [-0.2, -0.15) is 0 Å². The van der Waals surface area contributed by atoms with Crippen LogP contribution < -0.4 is 5.73 Å². The number of aryl methyl sites for hydroxylation is 1. The molecule has 1 amide bonds. The molecule has 4 nitrogen and oxygen atoms in total. The van der Waals surface area contributed by atoms with E-state index in [1.807, 2.05) is 6.07 Å². The van der Waals surface area contributed by atoms with E-state index in [4.69, 9.17) is 5.73 Å². The van der Waals surface area contributed by atoms with Crippen LogP contribution in [0.2, 0.25) is 0 Å². The fourth-order valence-electron chi connectivity index (χ4n) is 1.23. The second-order valence-electron chi connectivity index (χ2n) is 4.07. The van der Waals surface area contributed by atoms with Crippen LogP contribution in [0.25, 0.3) is 0 Å². The Balaban J connectivity index is 2.79. The van der Waals surface area contributed by atoms with Crippen molar-refractivity contribution in [2.75, 3.05) is 0 Å². The Bertz CT molecular complexity index is 356. The number of pyridine rings is 1. The lowest BCUT2D eigenvalue weighted by Gasteiger charge is -2.16. The van der Waals surface area contributed by atoms with E-state index >= 15 is 0 Å². The molecule has 3 N–H and O–H groups in total. The van der Waals surface area contributed by atoms with E-state index in [2.05, 4.69) is 4.98 Å². The predicted molar refractivity (Wildman–Crippen MR) is 57.0 cm³/mol. The Labute approximate surface area is 89.1 Å². The van der Waals surface area contributed by atoms with Crippen molar-refractivity contribution in [2.24, 2.45) is 5.73 Å². The third kappa shape index (κ3) is 3.67. The van der Waals surface area contributed by atoms with Crippen molar-refractivity contribution in [2.45, 2.75) is 32.3 Å². The molecule has 82 valence electrons. The van der Waals surface area contributed by atoms with Crippen LogP contribution in [0.3, 0.4) is 0 Å². The van der Waals surface area contributed by atoms with Gasteiger partial charge in [0.05, 0.1) is 5.69 Å². The number of aromatic nitrogens is 1. The highest BCUT2D eigenvalue weighted by molar-refractivity contribution is 5.73. The van der Waals surface area contributed by atoms with E-state index in [0.717, 1.165) is 5.56 Å². The molecule has 0 aliphatic carbocycles. The monoisotopic (exact) mass is 208 g/mol. The third-order valence-electron chi connectivity index (χ3n) is 2.11. The Morgan fingerprint density at radius 2 is 2.27 bits per heavy atom. The number of hydrogen-bond donors (Lipinski definition) is 2. The van der Waals surface area contributed by atoms with Gasteiger partial charge in [-0.25, -0.2) is 0 Å². The van der Waals surface area contributed by atoms with Crippen LogP contribution in [0.5, 0.6) is 0 Å². The summed E-state index contributed by atoms with van der Waals surface area (Å²) in [6.45, 7) is 3.35. The lowest BCUT2D eigenvalue weighted by atomic mass is 10.0. The molecule has 0 radical (unpaired) electrons. The van der Waals surface area contributed by atoms with Crippen LogP contribution in [0.4, 0.5) is 0 Å². The molecule has 0 saturated carbocycles. The number of aliphatic hydroxyl groups is 1. The number of carbonyl (C=O) groups is 1. The van der Waals surface area contributed by atoms with Crippen LogP contribution >= 0.6 is 0 Å². The van der Waals surface area contributed by atoms with Crippen LogP contribution in [0, 0.1) is 0 Å². The molecule has 1 aromatic rings. The molecule has 0 atom stereocenters. The molecule has 0 spiro atoms. The van der Waals surface area contributed by atoms with Crippen molar-refractivity contribution in [1.82, 2.24) is 4.98 Å². The highest BCUT2D eigenvalue weighted by Crippen LogP contribution is 2.18. The summed E-state index contributed by atoms with van der Waals surface area (Å²) in [5.74, 6) is -0.323. The lowest BCUT2D eigenvalue weighted by molar-refractivity contribution is -0.117. The minimum absolute atomic E-state index is 0.315. The zero-order chi connectivity index (χ0) is 11.5. The SMILES string of the molecule is CC(C)(O)c1cc(CCC(N)=O)ccn1. The molecule has 4 heteroatoms. The Morgan fingerprint density at radius 3 is 2.80 bits per heavy atom. The first-order valence-corrected chi connectivity index (χ1v) is 4.85. The first-order valence-electron chi connectivity index (χ1n) is 4.85. The van der Waals surface area contributed by atoms with Gasteiger partial charge in [0.2, 0.25) is 5.91 Å². The van der Waals surface area contributed by atoms with Crippen LogP contribution in [-0.2, 0) is 16.8 Å². The van der Waals surface area contributed by atoms with E-state index in [-0.39, 0.29) is 5.91 Å². The van der Waals surface area contributed by atoms with Gasteiger partial charge in [0, 0.05) is 12.6 Å². The van der Waals surface area contributed by atoms with Gasteiger partial charge in [-0.1, -0.05) is 0 Å². The van der Waals surface area contributed by atoms with E-state index in [9.17, 15) is 9.90 Å². The summed E-state index contributed by atoms with van der Waals surface area (Å²) in [6, 6.07) is 3.61. The number of carbonyl (C=O) groups excluding carboxylic acids is 1. The first-order chi connectivity index (χ1) is 6.89. The molecular weight excluding hydrogens is 192 g/mol. The van der Waals surface area contributed by atoms with E-state index in [0.29, 0.717) is 18.5 Å². The summed E-state index contributed by atoms with van der Waals surface area (Å²) in [5, 5.41) is 9.74. The minimum Gasteiger partial charge on any atom is -0.384 e. The number of nitrogens with zero attached hydrogens (tertiary/aromatic N) is 1. The number of hydrogen-bond acceptors (Lipinski definition) is 3. The van der Waals surface area contributed by atoms with Gasteiger partial charge in [0.15, 0.2) is 0 Å². The number of rotatable bonds is 4. The molecule has 1 rings (SSSR count). The molecule has 0 unspecified atom stereocenters. The molecule has 0 aliphatic heterocycles. The summed E-state index contributed by atoms with van der Waals surface area (Å²) in [6.07, 6.45) is 2.53. The maximum Gasteiger partial charge on any atom is 0.217 e. The highest BCUT2D eigenvalue weighted by atomic mass is 16.3. The van der Waals surface area contributed by atoms with Crippen LogP contribution in [0.15, 0.2) is 18.3 Å². The quantitative estimate of drug-likeness (QED) is 0.765. The molecule has 1 heterocycles. The predicted octanol–water partition coefficient (Wildman–Crippen LogP) is 0.727. The van der Waals surface area contributed by atoms with E-state index < -0.39 is 5.60 Å². The van der Waals surface area contributed by atoms with Crippen molar-refractivity contribution < 1.29 is 9.90 Å². The fourth-order valence-corrected chi connectivity index (χ4v) is 1.23. The molecule has 0 aliphatic rings. The van der Waals surface area contributed by atoms with Crippen LogP contribution in [0.1, 0.15) is 31.5 Å². The van der Waals surface area contributed by atoms with Crippen molar-refractivity contribution in [1.29, 1.82) is 0 Å². The first kappa shape index (κ1) is 11.7. The van der Waals surface area contributed by atoms with Gasteiger partial charge in [-0.05, 0) is 38.0 Å². The average Bonchev–Trinajstić information content (AvgIpc) is 2.14. The lowest BCUT2D eigenvalue weighted by Crippen LogP contribution is -2.18. The summed E-state index contributed by atoms with van der Waals surface area (Å²) >= 11 is 0. The zero-order valence-electron chi connectivity index (χ0n) is 9.03. The van der Waals surface area contributed by atoms with Gasteiger partial charge in [-0.3, -0.25) is 9.78 Å². The van der Waals surface area contributed by atoms with Crippen molar-refractivity contribution >= 4 is 5.91 Å². The maximum absolute atomic E-state index is 10.6. The van der Waals surface area contributed by atoms with Crippen molar-refractivity contribution in [3.05, 3.63) is 29.6 Å². The van der Waals surface area contributed by atoms with E-state index in [1.165, 1.54) is 0 Å². The molecule has 0 aromatic carbocycles. The topological polar surface area (TPSA) is 76.2 Å². The van der Waals surface area contributed by atoms with Gasteiger partial charge in [0.25, 0.3) is 0 Å². The molecule has 1 aromatic heterocycles. The molecule has 0 fully saturated rings. The Kier molecular flexibility index (Phi) is 3.42. The Morgan fingerprint density at radius 1 is 1.60 bits per heavy atom. The van der Waals surface area contributed by atoms with Gasteiger partial charge < -0.3 is 10.8 Å². The fraction of sp³-hybridized carbons (Fsp3) is 0.455. The normalized spacial score (nSPS) is 11.4. The minimum atomic E-state index is -0.956. The molecular formula is C11H16N2O2. The van der Waals surface area contributed by atoms with Crippen molar-refractivity contribution in [3.8, 4) is 0 Å². The smallest absolute Gasteiger partial charge is 0.217 e. The summed E-state index contributed by atoms with van der Waals surface area (Å²) in [5.41, 5.74) is 5.67. The largest absolute Gasteiger partial charge is 0.384 e. The standard InChI is InChI=1S/C11H16N2O2/c1-11(2,15)9-7-8(5-6-13-9)3-4-10(12)14/h5-7,15H,3-4H2,1-2H3,(H2,12,14). The van der Waals surface area contributed by atoms with Gasteiger partial charge >= 0.3 is 0 Å². The maximum atomic E-state index is 10.6. The number of primary amides is 1. The molecule has 0 bridgehead atoms. The zero-order valence-corrected chi connectivity index (χ0v) is 9.03. The van der Waals surface area contributed by atoms with Crippen molar-refractivity contribution in [3.63, 3.8) is 0 Å². The second-order valence-corrected chi connectivity index (χ2v) is 4.07. The third-order valence-corrected chi connectivity index (χ3v) is 2.11.